The SMILES string of the molecule is CSCCC(N)c1nc(C(=O)Nc2ccc(Cc3ccc(N)cc3)cc2)co1. The molecule has 28 heavy (non-hydrogen) atoms. The van der Waals surface area contributed by atoms with Crippen molar-refractivity contribution in [3.63, 3.8) is 0 Å². The maximum absolute atomic E-state index is 12.4. The molecule has 7 heteroatoms. The van der Waals surface area contributed by atoms with Crippen molar-refractivity contribution >= 4 is 29.0 Å². The first-order valence-electron chi connectivity index (χ1n) is 9.00. The summed E-state index contributed by atoms with van der Waals surface area (Å²) in [4.78, 5) is 16.6. The number of benzene rings is 2. The van der Waals surface area contributed by atoms with Crippen molar-refractivity contribution in [3.05, 3.63) is 77.5 Å². The molecule has 0 aliphatic rings. The third-order valence-electron chi connectivity index (χ3n) is 4.30. The van der Waals surface area contributed by atoms with E-state index in [-0.39, 0.29) is 17.6 Å². The van der Waals surface area contributed by atoms with Gasteiger partial charge in [0.25, 0.3) is 5.91 Å². The molecular weight excluding hydrogens is 372 g/mol. The van der Waals surface area contributed by atoms with E-state index < -0.39 is 0 Å². The smallest absolute Gasteiger partial charge is 0.277 e. The predicted octanol–water partition coefficient (Wildman–Crippen LogP) is 3.85. The van der Waals surface area contributed by atoms with Gasteiger partial charge in [0.1, 0.15) is 6.26 Å². The van der Waals surface area contributed by atoms with Crippen molar-refractivity contribution < 1.29 is 9.21 Å². The van der Waals surface area contributed by atoms with Gasteiger partial charge in [-0.3, -0.25) is 4.79 Å². The fourth-order valence-electron chi connectivity index (χ4n) is 2.70. The number of rotatable bonds is 8. The van der Waals surface area contributed by atoms with Crippen LogP contribution in [0.25, 0.3) is 0 Å². The Labute approximate surface area is 168 Å². The highest BCUT2D eigenvalue weighted by molar-refractivity contribution is 7.98. The molecule has 3 aromatic rings. The van der Waals surface area contributed by atoms with Crippen LogP contribution in [-0.2, 0) is 6.42 Å². The lowest BCUT2D eigenvalue weighted by Crippen LogP contribution is -2.14. The van der Waals surface area contributed by atoms with Crippen LogP contribution < -0.4 is 16.8 Å². The number of aromatic nitrogens is 1. The van der Waals surface area contributed by atoms with Gasteiger partial charge in [-0.1, -0.05) is 24.3 Å². The summed E-state index contributed by atoms with van der Waals surface area (Å²) >= 11 is 1.71. The predicted molar refractivity (Wildman–Crippen MR) is 114 cm³/mol. The minimum atomic E-state index is -0.321. The second kappa shape index (κ2) is 9.43. The number of oxazole rings is 1. The van der Waals surface area contributed by atoms with E-state index in [4.69, 9.17) is 15.9 Å². The molecule has 2 aromatic carbocycles. The molecule has 1 amide bonds. The lowest BCUT2D eigenvalue weighted by Gasteiger charge is -2.06. The molecule has 0 saturated carbocycles. The first kappa shape index (κ1) is 20.0. The second-order valence-electron chi connectivity index (χ2n) is 6.53. The Bertz CT molecular complexity index is 907. The van der Waals surface area contributed by atoms with E-state index in [2.05, 4.69) is 10.3 Å². The van der Waals surface area contributed by atoms with Crippen LogP contribution >= 0.6 is 11.8 Å². The topological polar surface area (TPSA) is 107 Å². The number of anilines is 2. The molecule has 0 aliphatic heterocycles. The van der Waals surface area contributed by atoms with E-state index in [1.165, 1.54) is 11.8 Å². The highest BCUT2D eigenvalue weighted by Gasteiger charge is 2.17. The van der Waals surface area contributed by atoms with Crippen LogP contribution in [0.3, 0.4) is 0 Å². The number of nitrogens with zero attached hydrogens (tertiary/aromatic N) is 1. The van der Waals surface area contributed by atoms with Gasteiger partial charge in [0.15, 0.2) is 5.69 Å². The Hall–Kier alpha value is -2.77. The van der Waals surface area contributed by atoms with Crippen LogP contribution in [0, 0.1) is 0 Å². The lowest BCUT2D eigenvalue weighted by molar-refractivity contribution is 0.102. The number of amides is 1. The first-order chi connectivity index (χ1) is 13.5. The number of nitrogens with two attached hydrogens (primary N) is 2. The largest absolute Gasteiger partial charge is 0.446 e. The highest BCUT2D eigenvalue weighted by Crippen LogP contribution is 2.18. The molecular formula is C21H24N4O2S. The average Bonchev–Trinajstić information content (AvgIpc) is 3.20. The van der Waals surface area contributed by atoms with Crippen molar-refractivity contribution in [1.82, 2.24) is 4.98 Å². The molecule has 1 atom stereocenters. The molecule has 0 radical (unpaired) electrons. The number of nitrogens with one attached hydrogen (secondary N) is 1. The minimum absolute atomic E-state index is 0.223. The van der Waals surface area contributed by atoms with Crippen LogP contribution in [-0.4, -0.2) is 22.9 Å². The zero-order chi connectivity index (χ0) is 19.9. The van der Waals surface area contributed by atoms with Crippen molar-refractivity contribution in [2.75, 3.05) is 23.1 Å². The lowest BCUT2D eigenvalue weighted by atomic mass is 10.0. The molecule has 3 rings (SSSR count). The number of hydrogen-bond acceptors (Lipinski definition) is 6. The molecule has 0 bridgehead atoms. The highest BCUT2D eigenvalue weighted by atomic mass is 32.2. The molecule has 0 spiro atoms. The third-order valence-corrected chi connectivity index (χ3v) is 4.95. The quantitative estimate of drug-likeness (QED) is 0.499. The zero-order valence-corrected chi connectivity index (χ0v) is 16.5. The van der Waals surface area contributed by atoms with E-state index in [1.807, 2.05) is 54.8 Å². The Kier molecular flexibility index (Phi) is 6.73. The first-order valence-corrected chi connectivity index (χ1v) is 10.4. The number of carbonyl (C=O) groups is 1. The normalized spacial score (nSPS) is 11.9. The fourth-order valence-corrected chi connectivity index (χ4v) is 3.19. The van der Waals surface area contributed by atoms with E-state index >= 15 is 0 Å². The van der Waals surface area contributed by atoms with E-state index in [0.717, 1.165) is 29.8 Å². The van der Waals surface area contributed by atoms with Crippen molar-refractivity contribution in [2.24, 2.45) is 5.73 Å². The van der Waals surface area contributed by atoms with Gasteiger partial charge < -0.3 is 21.2 Å². The van der Waals surface area contributed by atoms with E-state index in [9.17, 15) is 4.79 Å². The second-order valence-corrected chi connectivity index (χ2v) is 7.51. The summed E-state index contributed by atoms with van der Waals surface area (Å²) in [6, 6.07) is 15.2. The molecule has 0 aliphatic carbocycles. The molecule has 5 N–H and O–H groups in total. The molecule has 0 saturated heterocycles. The van der Waals surface area contributed by atoms with Crippen LogP contribution in [0.1, 0.15) is 40.0 Å². The summed E-state index contributed by atoms with van der Waals surface area (Å²) in [6.45, 7) is 0. The van der Waals surface area contributed by atoms with Gasteiger partial charge in [-0.15, -0.1) is 0 Å². The summed E-state index contributed by atoms with van der Waals surface area (Å²) < 4.78 is 5.36. The minimum Gasteiger partial charge on any atom is -0.446 e. The molecule has 1 aromatic heterocycles. The number of thioether (sulfide) groups is 1. The van der Waals surface area contributed by atoms with E-state index in [0.29, 0.717) is 11.6 Å². The number of nitrogen functional groups attached to an aromatic ring is 1. The maximum Gasteiger partial charge on any atom is 0.277 e. The third kappa shape index (κ3) is 5.37. The van der Waals surface area contributed by atoms with E-state index in [1.54, 1.807) is 11.8 Å². The summed E-state index contributed by atoms with van der Waals surface area (Å²) in [5.41, 5.74) is 15.7. The number of hydrogen-bond donors (Lipinski definition) is 3. The summed E-state index contributed by atoms with van der Waals surface area (Å²) in [6.07, 6.45) is 4.91. The van der Waals surface area contributed by atoms with Crippen molar-refractivity contribution in [2.45, 2.75) is 18.9 Å². The van der Waals surface area contributed by atoms with Crippen LogP contribution in [0.15, 0.2) is 59.2 Å². The van der Waals surface area contributed by atoms with Gasteiger partial charge in [0, 0.05) is 11.4 Å². The Morgan fingerprint density at radius 2 is 1.79 bits per heavy atom. The molecule has 1 heterocycles. The maximum atomic E-state index is 12.4. The Balaban J connectivity index is 1.58. The van der Waals surface area contributed by atoms with Crippen molar-refractivity contribution in [3.8, 4) is 0 Å². The fraction of sp³-hybridized carbons (Fsp3) is 0.238. The molecule has 146 valence electrons. The van der Waals surface area contributed by atoms with Gasteiger partial charge in [-0.2, -0.15) is 11.8 Å². The van der Waals surface area contributed by atoms with Crippen LogP contribution in [0.5, 0.6) is 0 Å². The summed E-state index contributed by atoms with van der Waals surface area (Å²) in [5, 5.41) is 2.83. The monoisotopic (exact) mass is 396 g/mol. The van der Waals surface area contributed by atoms with Gasteiger partial charge in [-0.05, 0) is 60.2 Å². The summed E-state index contributed by atoms with van der Waals surface area (Å²) in [5.74, 6) is 0.977. The summed E-state index contributed by atoms with van der Waals surface area (Å²) in [7, 11) is 0. The van der Waals surface area contributed by atoms with Crippen molar-refractivity contribution in [1.29, 1.82) is 0 Å². The average molecular weight is 397 g/mol. The number of carbonyl (C=O) groups excluding carboxylic acids is 1. The van der Waals surface area contributed by atoms with Crippen LogP contribution in [0.4, 0.5) is 11.4 Å². The van der Waals surface area contributed by atoms with Gasteiger partial charge in [-0.25, -0.2) is 4.98 Å². The molecule has 1 unspecified atom stereocenters. The van der Waals surface area contributed by atoms with Gasteiger partial charge in [0.2, 0.25) is 5.89 Å². The van der Waals surface area contributed by atoms with Gasteiger partial charge >= 0.3 is 0 Å². The standard InChI is InChI=1S/C21H24N4O2S/c1-28-11-10-18(23)21-25-19(13-27-21)20(26)24-17-8-4-15(5-9-17)12-14-2-6-16(22)7-3-14/h2-9,13,18H,10-12,22-23H2,1H3,(H,24,26). The molecule has 6 nitrogen and oxygen atoms in total. The van der Waals surface area contributed by atoms with Crippen LogP contribution in [0.2, 0.25) is 0 Å². The van der Waals surface area contributed by atoms with Gasteiger partial charge in [0.05, 0.1) is 6.04 Å². The Morgan fingerprint density at radius 3 is 2.43 bits per heavy atom. The zero-order valence-electron chi connectivity index (χ0n) is 15.7. The Morgan fingerprint density at radius 1 is 1.14 bits per heavy atom. The molecule has 0 fully saturated rings.